The molecule has 0 fully saturated rings. The van der Waals surface area contributed by atoms with Gasteiger partial charge in [-0.3, -0.25) is 19.7 Å². The van der Waals surface area contributed by atoms with Gasteiger partial charge in [-0.15, -0.1) is 0 Å². The molecule has 1 aromatic heterocycles. The molecule has 1 aromatic carbocycles. The predicted molar refractivity (Wildman–Crippen MR) is 101 cm³/mol. The zero-order chi connectivity index (χ0) is 19.3. The van der Waals surface area contributed by atoms with E-state index >= 15 is 0 Å². The van der Waals surface area contributed by atoms with Crippen LogP contribution in [0.1, 0.15) is 30.0 Å². The maximum atomic E-state index is 11.5. The number of aromatic nitrogens is 1. The molecule has 9 heteroatoms. The number of hydrogen-bond donors (Lipinski definition) is 1. The Bertz CT molecular complexity index is 858. The number of nitrogens with zero attached hydrogens (tertiary/aromatic N) is 3. The number of carbonyl (C=O) groups is 2. The number of rotatable bonds is 6. The molecule has 0 spiro atoms. The number of hydrogen-bond acceptors (Lipinski definition) is 6. The van der Waals surface area contributed by atoms with Crippen molar-refractivity contribution < 1.29 is 14.5 Å². The number of nitro benzene ring substituents is 1. The Kier molecular flexibility index (Phi) is 6.18. The molecular weight excluding hydrogens is 356 g/mol. The summed E-state index contributed by atoms with van der Waals surface area (Å²) in [5.41, 5.74) is 1.42. The molecule has 0 saturated heterocycles. The van der Waals surface area contributed by atoms with Crippen molar-refractivity contribution in [2.75, 3.05) is 12.4 Å². The van der Waals surface area contributed by atoms with Gasteiger partial charge in [-0.25, -0.2) is 4.98 Å². The van der Waals surface area contributed by atoms with Crippen molar-refractivity contribution in [3.05, 3.63) is 50.5 Å². The summed E-state index contributed by atoms with van der Waals surface area (Å²) < 4.78 is 0. The van der Waals surface area contributed by atoms with E-state index in [0.717, 1.165) is 10.4 Å². The van der Waals surface area contributed by atoms with Gasteiger partial charge in [0.1, 0.15) is 0 Å². The first-order chi connectivity index (χ1) is 12.3. The van der Waals surface area contributed by atoms with E-state index in [0.29, 0.717) is 17.4 Å². The third-order valence-electron chi connectivity index (χ3n) is 3.47. The summed E-state index contributed by atoms with van der Waals surface area (Å²) in [6, 6.07) is 6.12. The highest BCUT2D eigenvalue weighted by Gasteiger charge is 2.13. The maximum Gasteiger partial charge on any atom is 0.269 e. The molecule has 0 bridgehead atoms. The molecule has 26 heavy (non-hydrogen) atoms. The topological polar surface area (TPSA) is 105 Å². The standard InChI is InChI=1S/C17H18N4O4S/c1-11(22)18-17-19-15(16(26-17)10-20(3)12(2)23)9-6-13-4-7-14(8-5-13)21(24)25/h4-9H,10H2,1-3H3,(H,18,19,22)/b9-6-. The molecule has 136 valence electrons. The van der Waals surface area contributed by atoms with Crippen molar-refractivity contribution in [1.29, 1.82) is 0 Å². The molecule has 0 unspecified atom stereocenters. The van der Waals surface area contributed by atoms with E-state index in [1.165, 1.54) is 37.3 Å². The van der Waals surface area contributed by atoms with Crippen molar-refractivity contribution in [3.63, 3.8) is 0 Å². The van der Waals surface area contributed by atoms with E-state index in [9.17, 15) is 19.7 Å². The molecule has 0 aliphatic rings. The lowest BCUT2D eigenvalue weighted by atomic mass is 10.2. The van der Waals surface area contributed by atoms with Crippen molar-refractivity contribution >= 4 is 46.1 Å². The second-order valence-corrected chi connectivity index (χ2v) is 6.65. The van der Waals surface area contributed by atoms with Gasteiger partial charge in [0.15, 0.2) is 5.13 Å². The van der Waals surface area contributed by atoms with E-state index < -0.39 is 4.92 Å². The fraction of sp³-hybridized carbons (Fsp3) is 0.235. The van der Waals surface area contributed by atoms with Gasteiger partial charge in [0.25, 0.3) is 5.69 Å². The molecule has 1 heterocycles. The van der Waals surface area contributed by atoms with Crippen LogP contribution in [0.3, 0.4) is 0 Å². The third kappa shape index (κ3) is 5.21. The molecule has 0 aliphatic carbocycles. The summed E-state index contributed by atoms with van der Waals surface area (Å²) in [6.45, 7) is 3.24. The molecule has 2 amide bonds. The van der Waals surface area contributed by atoms with Crippen LogP contribution in [0.2, 0.25) is 0 Å². The second-order valence-electron chi connectivity index (χ2n) is 5.57. The summed E-state index contributed by atoms with van der Waals surface area (Å²) in [6.07, 6.45) is 3.53. The molecule has 2 aromatic rings. The smallest absolute Gasteiger partial charge is 0.269 e. The van der Waals surface area contributed by atoms with Gasteiger partial charge < -0.3 is 10.2 Å². The van der Waals surface area contributed by atoms with E-state index in [4.69, 9.17) is 0 Å². The van der Waals surface area contributed by atoms with Gasteiger partial charge >= 0.3 is 0 Å². The first-order valence-electron chi connectivity index (χ1n) is 7.68. The Balaban J connectivity index is 2.27. The first-order valence-corrected chi connectivity index (χ1v) is 8.49. The fourth-order valence-corrected chi connectivity index (χ4v) is 3.07. The number of nitro groups is 1. The molecule has 8 nitrogen and oxygen atoms in total. The highest BCUT2D eigenvalue weighted by atomic mass is 32.1. The minimum Gasteiger partial charge on any atom is -0.341 e. The molecular formula is C17H18N4O4S. The van der Waals surface area contributed by atoms with Crippen molar-refractivity contribution in [1.82, 2.24) is 9.88 Å². The Hall–Kier alpha value is -3.07. The Morgan fingerprint density at radius 2 is 1.92 bits per heavy atom. The van der Waals surface area contributed by atoms with Crippen LogP contribution in [0, 0.1) is 10.1 Å². The monoisotopic (exact) mass is 374 g/mol. The summed E-state index contributed by atoms with van der Waals surface area (Å²) in [4.78, 5) is 39.7. The van der Waals surface area contributed by atoms with Gasteiger partial charge in [0.05, 0.1) is 22.0 Å². The number of non-ortho nitro benzene ring substituents is 1. The largest absolute Gasteiger partial charge is 0.341 e. The second kappa shape index (κ2) is 8.34. The highest BCUT2D eigenvalue weighted by molar-refractivity contribution is 7.16. The van der Waals surface area contributed by atoms with Gasteiger partial charge in [-0.05, 0) is 23.8 Å². The van der Waals surface area contributed by atoms with Crippen LogP contribution < -0.4 is 5.32 Å². The molecule has 0 saturated carbocycles. The Labute approximate surface area is 154 Å². The lowest BCUT2D eigenvalue weighted by molar-refractivity contribution is -0.384. The Morgan fingerprint density at radius 3 is 2.46 bits per heavy atom. The highest BCUT2D eigenvalue weighted by Crippen LogP contribution is 2.26. The number of amides is 2. The van der Waals surface area contributed by atoms with Crippen LogP contribution in [0.15, 0.2) is 24.3 Å². The number of anilines is 1. The maximum absolute atomic E-state index is 11.5. The minimum absolute atomic E-state index is 0.0209. The average molecular weight is 374 g/mol. The molecule has 2 rings (SSSR count). The normalized spacial score (nSPS) is 10.7. The quantitative estimate of drug-likeness (QED) is 0.617. The SMILES string of the molecule is CC(=O)Nc1nc(/C=C\c2ccc([N+](=O)[O-])cc2)c(CN(C)C(C)=O)s1. The zero-order valence-electron chi connectivity index (χ0n) is 14.6. The van der Waals surface area contributed by atoms with Crippen LogP contribution in [-0.2, 0) is 16.1 Å². The van der Waals surface area contributed by atoms with Crippen LogP contribution >= 0.6 is 11.3 Å². The lowest BCUT2D eigenvalue weighted by Gasteiger charge is -2.13. The van der Waals surface area contributed by atoms with E-state index in [1.54, 1.807) is 36.2 Å². The van der Waals surface area contributed by atoms with E-state index in [-0.39, 0.29) is 17.5 Å². The van der Waals surface area contributed by atoms with Crippen LogP contribution in [0.4, 0.5) is 10.8 Å². The number of carbonyl (C=O) groups excluding carboxylic acids is 2. The molecule has 0 aliphatic heterocycles. The number of nitrogens with one attached hydrogen (secondary N) is 1. The average Bonchev–Trinajstić information content (AvgIpc) is 2.93. The number of benzene rings is 1. The van der Waals surface area contributed by atoms with Gasteiger partial charge in [-0.2, -0.15) is 0 Å². The molecule has 1 N–H and O–H groups in total. The molecule has 0 atom stereocenters. The van der Waals surface area contributed by atoms with Gasteiger partial charge in [0.2, 0.25) is 11.8 Å². The predicted octanol–water partition coefficient (Wildman–Crippen LogP) is 3.16. The third-order valence-corrected chi connectivity index (χ3v) is 4.44. The van der Waals surface area contributed by atoms with Crippen molar-refractivity contribution in [3.8, 4) is 0 Å². The zero-order valence-corrected chi connectivity index (χ0v) is 15.4. The summed E-state index contributed by atoms with van der Waals surface area (Å²) in [7, 11) is 1.68. The Morgan fingerprint density at radius 1 is 1.27 bits per heavy atom. The van der Waals surface area contributed by atoms with E-state index in [2.05, 4.69) is 10.3 Å². The van der Waals surface area contributed by atoms with Gasteiger partial charge in [0, 0.05) is 33.0 Å². The van der Waals surface area contributed by atoms with Crippen molar-refractivity contribution in [2.24, 2.45) is 0 Å². The summed E-state index contributed by atoms with van der Waals surface area (Å²) in [5.74, 6) is -0.305. The lowest BCUT2D eigenvalue weighted by Crippen LogP contribution is -2.22. The van der Waals surface area contributed by atoms with Crippen LogP contribution in [0.5, 0.6) is 0 Å². The molecule has 0 radical (unpaired) electrons. The van der Waals surface area contributed by atoms with E-state index in [1.807, 2.05) is 0 Å². The number of thiazole rings is 1. The van der Waals surface area contributed by atoms with Crippen LogP contribution in [-0.4, -0.2) is 33.7 Å². The van der Waals surface area contributed by atoms with Gasteiger partial charge in [-0.1, -0.05) is 17.4 Å². The summed E-state index contributed by atoms with van der Waals surface area (Å²) in [5, 5.41) is 13.8. The summed E-state index contributed by atoms with van der Waals surface area (Å²) >= 11 is 1.30. The van der Waals surface area contributed by atoms with Crippen molar-refractivity contribution in [2.45, 2.75) is 20.4 Å². The minimum atomic E-state index is -0.455. The first kappa shape index (κ1) is 19.3. The fourth-order valence-electron chi connectivity index (χ4n) is 2.02. The van der Waals surface area contributed by atoms with Crippen LogP contribution in [0.25, 0.3) is 12.2 Å².